The van der Waals surface area contributed by atoms with Crippen molar-refractivity contribution >= 4 is 11.9 Å². The monoisotopic (exact) mass is 244 g/mol. The largest absolute Gasteiger partial charge is 0.469 e. The first-order valence-electron chi connectivity index (χ1n) is 5.95. The van der Waals surface area contributed by atoms with E-state index in [1.807, 2.05) is 13.8 Å². The van der Waals surface area contributed by atoms with Gasteiger partial charge in [-0.2, -0.15) is 0 Å². The van der Waals surface area contributed by atoms with Crippen LogP contribution in [0.5, 0.6) is 0 Å². The zero-order valence-corrected chi connectivity index (χ0v) is 11.7. The average Bonchev–Trinajstić information content (AvgIpc) is 2.11. The van der Waals surface area contributed by atoms with Crippen molar-refractivity contribution in [3.05, 3.63) is 0 Å². The number of carbonyl (C=O) groups excluding carboxylic acids is 2. The first kappa shape index (κ1) is 15.9. The molecule has 0 aliphatic heterocycles. The lowest BCUT2D eigenvalue weighted by Crippen LogP contribution is -2.28. The van der Waals surface area contributed by atoms with Crippen LogP contribution in [0.15, 0.2) is 0 Å². The molecule has 0 saturated heterocycles. The summed E-state index contributed by atoms with van der Waals surface area (Å²) in [6.07, 6.45) is 0.716. The number of carbonyl (C=O) groups is 2. The van der Waals surface area contributed by atoms with Crippen LogP contribution in [0.1, 0.15) is 47.5 Å². The molecule has 100 valence electrons. The molecule has 4 nitrogen and oxygen atoms in total. The van der Waals surface area contributed by atoms with Crippen LogP contribution in [0.2, 0.25) is 0 Å². The van der Waals surface area contributed by atoms with Gasteiger partial charge in [-0.05, 0) is 33.1 Å². The molecule has 0 fully saturated rings. The molecule has 0 bridgehead atoms. The molecule has 0 rings (SSSR count). The molecular weight excluding hydrogens is 220 g/mol. The number of hydrogen-bond donors (Lipinski definition) is 0. The van der Waals surface area contributed by atoms with Crippen LogP contribution in [0, 0.1) is 11.8 Å². The van der Waals surface area contributed by atoms with Crippen molar-refractivity contribution < 1.29 is 19.1 Å². The van der Waals surface area contributed by atoms with E-state index in [0.717, 1.165) is 0 Å². The highest BCUT2D eigenvalue weighted by Gasteiger charge is 2.26. The summed E-state index contributed by atoms with van der Waals surface area (Å²) in [5.41, 5.74) is -0.518. The lowest BCUT2D eigenvalue weighted by molar-refractivity contribution is -0.161. The minimum atomic E-state index is -0.518. The smallest absolute Gasteiger partial charge is 0.309 e. The zero-order valence-electron chi connectivity index (χ0n) is 11.7. The first-order chi connectivity index (χ1) is 7.65. The third kappa shape index (κ3) is 7.77. The molecule has 0 aliphatic rings. The lowest BCUT2D eigenvalue weighted by atomic mass is 9.94. The van der Waals surface area contributed by atoms with E-state index in [2.05, 4.69) is 0 Å². The van der Waals surface area contributed by atoms with E-state index in [-0.39, 0.29) is 18.4 Å². The van der Waals surface area contributed by atoms with Crippen LogP contribution >= 0.6 is 0 Å². The fourth-order valence-corrected chi connectivity index (χ4v) is 1.58. The van der Waals surface area contributed by atoms with Gasteiger partial charge in [0, 0.05) is 0 Å². The summed E-state index contributed by atoms with van der Waals surface area (Å²) < 4.78 is 9.90. The highest BCUT2D eigenvalue weighted by atomic mass is 16.6. The molecule has 0 aromatic carbocycles. The second-order valence-corrected chi connectivity index (χ2v) is 5.64. The van der Waals surface area contributed by atoms with Gasteiger partial charge in [0.25, 0.3) is 0 Å². The summed E-state index contributed by atoms with van der Waals surface area (Å²) in [6, 6.07) is 0. The number of esters is 2. The second-order valence-electron chi connectivity index (χ2n) is 5.64. The van der Waals surface area contributed by atoms with E-state index in [9.17, 15) is 9.59 Å². The standard InChI is InChI=1S/C13H24O4/c1-9(2)7-10(12(15)16-6)8-11(14)17-13(3,4)5/h9-10H,7-8H2,1-6H3/t10-/m1/s1. The van der Waals surface area contributed by atoms with Crippen molar-refractivity contribution in [1.82, 2.24) is 0 Å². The molecule has 0 aliphatic carbocycles. The summed E-state index contributed by atoms with van der Waals surface area (Å²) in [4.78, 5) is 23.2. The van der Waals surface area contributed by atoms with Crippen LogP contribution in [-0.4, -0.2) is 24.6 Å². The number of ether oxygens (including phenoxy) is 2. The quantitative estimate of drug-likeness (QED) is 0.697. The Morgan fingerprint density at radius 1 is 1.18 bits per heavy atom. The van der Waals surface area contributed by atoms with Crippen molar-refractivity contribution in [2.45, 2.75) is 53.1 Å². The van der Waals surface area contributed by atoms with Crippen molar-refractivity contribution in [3.8, 4) is 0 Å². The Morgan fingerprint density at radius 3 is 2.06 bits per heavy atom. The summed E-state index contributed by atoms with van der Waals surface area (Å²) >= 11 is 0. The maximum absolute atomic E-state index is 11.6. The van der Waals surface area contributed by atoms with Gasteiger partial charge in [-0.3, -0.25) is 9.59 Å². The first-order valence-corrected chi connectivity index (χ1v) is 5.95. The third-order valence-corrected chi connectivity index (χ3v) is 2.12. The van der Waals surface area contributed by atoms with Crippen molar-refractivity contribution in [1.29, 1.82) is 0 Å². The average molecular weight is 244 g/mol. The Bertz CT molecular complexity index is 263. The van der Waals surface area contributed by atoms with E-state index in [1.54, 1.807) is 20.8 Å². The Hall–Kier alpha value is -1.06. The van der Waals surface area contributed by atoms with Gasteiger partial charge < -0.3 is 9.47 Å². The van der Waals surface area contributed by atoms with E-state index in [1.165, 1.54) is 7.11 Å². The summed E-state index contributed by atoms with van der Waals surface area (Å²) in [7, 11) is 1.34. The predicted octanol–water partition coefficient (Wildman–Crippen LogP) is 2.55. The highest BCUT2D eigenvalue weighted by molar-refractivity contribution is 5.80. The number of rotatable bonds is 5. The summed E-state index contributed by atoms with van der Waals surface area (Å²) in [5.74, 6) is -0.769. The van der Waals surface area contributed by atoms with Gasteiger partial charge in [-0.1, -0.05) is 13.8 Å². The molecule has 0 N–H and O–H groups in total. The molecule has 0 heterocycles. The van der Waals surface area contributed by atoms with Gasteiger partial charge in [0.1, 0.15) is 5.60 Å². The maximum atomic E-state index is 11.6. The minimum Gasteiger partial charge on any atom is -0.469 e. The Balaban J connectivity index is 4.43. The van der Waals surface area contributed by atoms with Crippen LogP contribution < -0.4 is 0 Å². The zero-order chi connectivity index (χ0) is 13.6. The van der Waals surface area contributed by atoms with E-state index < -0.39 is 11.5 Å². The Kier molecular flexibility index (Phi) is 6.21. The molecular formula is C13H24O4. The van der Waals surface area contributed by atoms with Crippen LogP contribution in [0.4, 0.5) is 0 Å². The molecule has 0 radical (unpaired) electrons. The van der Waals surface area contributed by atoms with E-state index in [4.69, 9.17) is 9.47 Å². The highest BCUT2D eigenvalue weighted by Crippen LogP contribution is 2.19. The van der Waals surface area contributed by atoms with Crippen LogP contribution in [-0.2, 0) is 19.1 Å². The lowest BCUT2D eigenvalue weighted by Gasteiger charge is -2.22. The SMILES string of the molecule is COC(=O)[C@@H](CC(=O)OC(C)(C)C)CC(C)C. The topological polar surface area (TPSA) is 52.6 Å². The van der Waals surface area contributed by atoms with E-state index in [0.29, 0.717) is 12.3 Å². The number of hydrogen-bond acceptors (Lipinski definition) is 4. The fourth-order valence-electron chi connectivity index (χ4n) is 1.58. The third-order valence-electron chi connectivity index (χ3n) is 2.12. The maximum Gasteiger partial charge on any atom is 0.309 e. The molecule has 1 atom stereocenters. The molecule has 0 amide bonds. The van der Waals surface area contributed by atoms with Gasteiger partial charge in [-0.25, -0.2) is 0 Å². The molecule has 17 heavy (non-hydrogen) atoms. The van der Waals surface area contributed by atoms with Crippen molar-refractivity contribution in [3.63, 3.8) is 0 Å². The van der Waals surface area contributed by atoms with E-state index >= 15 is 0 Å². The predicted molar refractivity (Wildman–Crippen MR) is 65.4 cm³/mol. The minimum absolute atomic E-state index is 0.0854. The van der Waals surface area contributed by atoms with Gasteiger partial charge >= 0.3 is 11.9 Å². The Morgan fingerprint density at radius 2 is 1.71 bits per heavy atom. The Labute approximate surface area is 104 Å². The van der Waals surface area contributed by atoms with Crippen LogP contribution in [0.25, 0.3) is 0 Å². The van der Waals surface area contributed by atoms with Gasteiger partial charge in [0.15, 0.2) is 0 Å². The summed E-state index contributed by atoms with van der Waals surface area (Å²) in [6.45, 7) is 9.43. The second kappa shape index (κ2) is 6.62. The molecule has 4 heteroatoms. The molecule has 0 aromatic heterocycles. The molecule has 0 unspecified atom stereocenters. The normalized spacial score (nSPS) is 13.4. The van der Waals surface area contributed by atoms with Gasteiger partial charge in [0.2, 0.25) is 0 Å². The molecule has 0 aromatic rings. The van der Waals surface area contributed by atoms with Gasteiger partial charge in [-0.15, -0.1) is 0 Å². The van der Waals surface area contributed by atoms with Crippen LogP contribution in [0.3, 0.4) is 0 Å². The number of methoxy groups -OCH3 is 1. The van der Waals surface area contributed by atoms with Crippen molar-refractivity contribution in [2.24, 2.45) is 11.8 Å². The molecule has 0 saturated carbocycles. The fraction of sp³-hybridized carbons (Fsp3) is 0.846. The summed E-state index contributed by atoms with van der Waals surface area (Å²) in [5, 5.41) is 0. The van der Waals surface area contributed by atoms with Crippen molar-refractivity contribution in [2.75, 3.05) is 7.11 Å². The molecule has 0 spiro atoms. The van der Waals surface area contributed by atoms with Gasteiger partial charge in [0.05, 0.1) is 19.4 Å².